The molecule has 0 aliphatic carbocycles. The Bertz CT molecular complexity index is 751. The van der Waals surface area contributed by atoms with Crippen LogP contribution in [-0.2, 0) is 13.5 Å². The van der Waals surface area contributed by atoms with Crippen LogP contribution in [0.3, 0.4) is 0 Å². The summed E-state index contributed by atoms with van der Waals surface area (Å²) in [6, 6.07) is 7.08. The van der Waals surface area contributed by atoms with Gasteiger partial charge in [0.15, 0.2) is 5.82 Å². The van der Waals surface area contributed by atoms with E-state index < -0.39 is 6.04 Å². The topological polar surface area (TPSA) is 82.8 Å². The molecule has 0 aliphatic rings. The van der Waals surface area contributed by atoms with Gasteiger partial charge in [-0.05, 0) is 17.7 Å². The molecule has 0 aliphatic heterocycles. The summed E-state index contributed by atoms with van der Waals surface area (Å²) in [6.45, 7) is 0. The summed E-state index contributed by atoms with van der Waals surface area (Å²) in [4.78, 5) is 4.34. The lowest BCUT2D eigenvalue weighted by Crippen LogP contribution is -2.11. The molecule has 0 saturated carbocycles. The highest BCUT2D eigenvalue weighted by atomic mass is 35.5. The third-order valence-corrected chi connectivity index (χ3v) is 3.32. The minimum absolute atomic E-state index is 0.375. The molecule has 0 fully saturated rings. The smallest absolute Gasteiger partial charge is 0.248 e. The molecule has 108 valence electrons. The van der Waals surface area contributed by atoms with Crippen molar-refractivity contribution in [2.24, 2.45) is 12.8 Å². The van der Waals surface area contributed by atoms with Gasteiger partial charge in [-0.2, -0.15) is 10.1 Å². The van der Waals surface area contributed by atoms with Crippen molar-refractivity contribution < 1.29 is 4.52 Å². The first-order chi connectivity index (χ1) is 10.1. The van der Waals surface area contributed by atoms with E-state index in [2.05, 4.69) is 15.2 Å². The van der Waals surface area contributed by atoms with Gasteiger partial charge in [0, 0.05) is 30.3 Å². The molecule has 1 atom stereocenters. The lowest BCUT2D eigenvalue weighted by molar-refractivity contribution is 0.363. The predicted molar refractivity (Wildman–Crippen MR) is 77.8 cm³/mol. The average molecular weight is 304 g/mol. The molecule has 2 N–H and O–H groups in total. The summed E-state index contributed by atoms with van der Waals surface area (Å²) in [5.41, 5.74) is 7.94. The van der Waals surface area contributed by atoms with Crippen molar-refractivity contribution in [3.8, 4) is 0 Å². The van der Waals surface area contributed by atoms with Gasteiger partial charge in [0.1, 0.15) is 6.04 Å². The van der Waals surface area contributed by atoms with E-state index >= 15 is 0 Å². The maximum Gasteiger partial charge on any atom is 0.248 e. The second-order valence-corrected chi connectivity index (χ2v) is 5.22. The SMILES string of the molecule is Cn1cc(C(N)c2nc(Cc3cccc(Cl)c3)no2)cn1. The minimum atomic E-state index is -0.473. The quantitative estimate of drug-likeness (QED) is 0.798. The molecule has 0 bridgehead atoms. The second kappa shape index (κ2) is 5.67. The molecule has 0 radical (unpaired) electrons. The Labute approximate surface area is 126 Å². The Morgan fingerprint density at radius 2 is 2.29 bits per heavy atom. The Balaban J connectivity index is 1.77. The monoisotopic (exact) mass is 303 g/mol. The zero-order valence-corrected chi connectivity index (χ0v) is 12.2. The number of nitrogens with two attached hydrogens (primary N) is 1. The van der Waals surface area contributed by atoms with E-state index in [4.69, 9.17) is 21.9 Å². The molecule has 6 nitrogen and oxygen atoms in total. The summed E-state index contributed by atoms with van der Waals surface area (Å²) in [7, 11) is 1.83. The summed E-state index contributed by atoms with van der Waals surface area (Å²) >= 11 is 5.96. The van der Waals surface area contributed by atoms with Crippen LogP contribution < -0.4 is 5.73 Å². The third kappa shape index (κ3) is 3.12. The van der Waals surface area contributed by atoms with Crippen molar-refractivity contribution in [1.29, 1.82) is 0 Å². The fourth-order valence-corrected chi connectivity index (χ4v) is 2.25. The van der Waals surface area contributed by atoms with E-state index in [-0.39, 0.29) is 0 Å². The largest absolute Gasteiger partial charge is 0.337 e. The zero-order valence-electron chi connectivity index (χ0n) is 11.4. The molecule has 0 spiro atoms. The highest BCUT2D eigenvalue weighted by Gasteiger charge is 2.18. The molecule has 3 rings (SSSR count). The molecule has 7 heteroatoms. The van der Waals surface area contributed by atoms with E-state index in [1.165, 1.54) is 0 Å². The number of halogens is 1. The summed E-state index contributed by atoms with van der Waals surface area (Å²) in [5.74, 6) is 0.951. The van der Waals surface area contributed by atoms with Crippen LogP contribution in [0.15, 0.2) is 41.2 Å². The Morgan fingerprint density at radius 1 is 1.43 bits per heavy atom. The summed E-state index contributed by atoms with van der Waals surface area (Å²) in [5, 5.41) is 8.72. The maximum absolute atomic E-state index is 6.09. The lowest BCUT2D eigenvalue weighted by Gasteiger charge is -2.01. The van der Waals surface area contributed by atoms with Crippen LogP contribution in [0.5, 0.6) is 0 Å². The molecule has 21 heavy (non-hydrogen) atoms. The zero-order chi connectivity index (χ0) is 14.8. The number of hydrogen-bond donors (Lipinski definition) is 1. The van der Waals surface area contributed by atoms with Crippen LogP contribution in [0.4, 0.5) is 0 Å². The minimum Gasteiger partial charge on any atom is -0.337 e. The molecule has 0 saturated heterocycles. The van der Waals surface area contributed by atoms with E-state index in [0.29, 0.717) is 23.2 Å². The van der Waals surface area contributed by atoms with E-state index in [1.54, 1.807) is 10.9 Å². The Hall–Kier alpha value is -2.18. The summed E-state index contributed by atoms with van der Waals surface area (Å²) in [6.07, 6.45) is 4.06. The van der Waals surface area contributed by atoms with Crippen LogP contribution in [0.25, 0.3) is 0 Å². The highest BCUT2D eigenvalue weighted by Crippen LogP contribution is 2.18. The number of aromatic nitrogens is 4. The molecule has 2 aromatic heterocycles. The van der Waals surface area contributed by atoms with Crippen molar-refractivity contribution in [3.05, 3.63) is 64.5 Å². The standard InChI is InChI=1S/C14H14ClN5O/c1-20-8-10(7-17-20)13(16)14-18-12(19-21-14)6-9-3-2-4-11(15)5-9/h2-5,7-8,13H,6,16H2,1H3. The van der Waals surface area contributed by atoms with Crippen molar-refractivity contribution >= 4 is 11.6 Å². The van der Waals surface area contributed by atoms with Gasteiger partial charge in [0.05, 0.1) is 6.20 Å². The fourth-order valence-electron chi connectivity index (χ4n) is 2.04. The molecular weight excluding hydrogens is 290 g/mol. The van der Waals surface area contributed by atoms with E-state index in [9.17, 15) is 0 Å². The highest BCUT2D eigenvalue weighted by molar-refractivity contribution is 6.30. The first kappa shape index (κ1) is 13.8. The Morgan fingerprint density at radius 3 is 3.00 bits per heavy atom. The molecule has 2 heterocycles. The van der Waals surface area contributed by atoms with Gasteiger partial charge in [-0.3, -0.25) is 4.68 Å². The van der Waals surface area contributed by atoms with Crippen LogP contribution in [0, 0.1) is 0 Å². The number of hydrogen-bond acceptors (Lipinski definition) is 5. The van der Waals surface area contributed by atoms with E-state index in [0.717, 1.165) is 11.1 Å². The first-order valence-corrected chi connectivity index (χ1v) is 6.80. The van der Waals surface area contributed by atoms with Gasteiger partial charge in [-0.25, -0.2) is 0 Å². The molecule has 0 amide bonds. The fraction of sp³-hybridized carbons (Fsp3) is 0.214. The van der Waals surface area contributed by atoms with Crippen LogP contribution in [0.2, 0.25) is 5.02 Å². The van der Waals surface area contributed by atoms with Crippen LogP contribution >= 0.6 is 11.6 Å². The predicted octanol–water partition coefficient (Wildman–Crippen LogP) is 2.10. The van der Waals surface area contributed by atoms with Crippen molar-refractivity contribution in [1.82, 2.24) is 19.9 Å². The third-order valence-electron chi connectivity index (χ3n) is 3.09. The van der Waals surface area contributed by atoms with Crippen molar-refractivity contribution in [3.63, 3.8) is 0 Å². The summed E-state index contributed by atoms with van der Waals surface area (Å²) < 4.78 is 6.92. The average Bonchev–Trinajstić information content (AvgIpc) is 3.07. The molecule has 3 aromatic rings. The van der Waals surface area contributed by atoms with E-state index in [1.807, 2.05) is 37.5 Å². The van der Waals surface area contributed by atoms with Gasteiger partial charge < -0.3 is 10.3 Å². The number of nitrogens with zero attached hydrogens (tertiary/aromatic N) is 4. The number of benzene rings is 1. The van der Waals surface area contributed by atoms with Gasteiger partial charge in [-0.1, -0.05) is 28.9 Å². The Kier molecular flexibility index (Phi) is 3.72. The van der Waals surface area contributed by atoms with Crippen molar-refractivity contribution in [2.45, 2.75) is 12.5 Å². The van der Waals surface area contributed by atoms with Crippen LogP contribution in [-0.4, -0.2) is 19.9 Å². The first-order valence-electron chi connectivity index (χ1n) is 6.43. The molecular formula is C14H14ClN5O. The van der Waals surface area contributed by atoms with Crippen molar-refractivity contribution in [2.75, 3.05) is 0 Å². The molecule has 1 unspecified atom stereocenters. The molecule has 1 aromatic carbocycles. The van der Waals surface area contributed by atoms with Crippen LogP contribution in [0.1, 0.15) is 28.9 Å². The van der Waals surface area contributed by atoms with Gasteiger partial charge in [0.2, 0.25) is 5.89 Å². The van der Waals surface area contributed by atoms with Gasteiger partial charge in [0.25, 0.3) is 0 Å². The lowest BCUT2D eigenvalue weighted by atomic mass is 10.1. The van der Waals surface area contributed by atoms with Gasteiger partial charge in [-0.15, -0.1) is 0 Å². The van der Waals surface area contributed by atoms with Gasteiger partial charge >= 0.3 is 0 Å². The number of aryl methyl sites for hydroxylation is 1. The maximum atomic E-state index is 6.09. The number of rotatable bonds is 4. The second-order valence-electron chi connectivity index (χ2n) is 4.78. The normalized spacial score (nSPS) is 12.5.